The molecule has 2 aromatic carbocycles. The molecule has 2 aliphatic rings. The van der Waals surface area contributed by atoms with Crippen LogP contribution in [0, 0.1) is 0 Å². The average molecular weight is 424 g/mol. The highest BCUT2D eigenvalue weighted by molar-refractivity contribution is 7.89. The summed E-state index contributed by atoms with van der Waals surface area (Å²) in [7, 11) is -3.77. The lowest BCUT2D eigenvalue weighted by Gasteiger charge is -2.26. The lowest BCUT2D eigenvalue weighted by Crippen LogP contribution is -2.35. The van der Waals surface area contributed by atoms with Crippen LogP contribution in [0.4, 0.5) is 0 Å². The van der Waals surface area contributed by atoms with E-state index < -0.39 is 16.0 Å². The topological polar surface area (TPSA) is 82.1 Å². The Morgan fingerprint density at radius 3 is 2.54 bits per heavy atom. The summed E-state index contributed by atoms with van der Waals surface area (Å²) in [6.45, 7) is 1.01. The summed E-state index contributed by atoms with van der Waals surface area (Å²) in [5.74, 6) is 0.631. The van der Waals surface area contributed by atoms with Crippen molar-refractivity contribution >= 4 is 27.6 Å². The lowest BCUT2D eigenvalue weighted by atomic mass is 10.2. The van der Waals surface area contributed by atoms with Gasteiger partial charge in [0.05, 0.1) is 10.6 Å². The second kappa shape index (κ2) is 7.62. The fraction of sp³-hybridized carbons (Fsp3) is 0.316. The van der Waals surface area contributed by atoms with E-state index in [1.807, 2.05) is 0 Å². The molecule has 0 aliphatic carbocycles. The van der Waals surface area contributed by atoms with Crippen molar-refractivity contribution < 1.29 is 27.4 Å². The molecule has 0 atom stereocenters. The number of hydrogen-bond acceptors (Lipinski definition) is 6. The Labute approximate surface area is 167 Å². The number of nitrogens with zero attached hydrogens (tertiary/aromatic N) is 1. The highest BCUT2D eigenvalue weighted by Gasteiger charge is 2.29. The fourth-order valence-electron chi connectivity index (χ4n) is 3.18. The molecule has 0 bridgehead atoms. The van der Waals surface area contributed by atoms with Crippen LogP contribution in [0.25, 0.3) is 0 Å². The molecule has 0 saturated carbocycles. The fourth-order valence-corrected chi connectivity index (χ4v) is 5.20. The summed E-state index contributed by atoms with van der Waals surface area (Å²) >= 11 is 6.14. The second-order valence-electron chi connectivity index (χ2n) is 6.51. The van der Waals surface area contributed by atoms with Gasteiger partial charge in [-0.25, -0.2) is 13.2 Å². The quantitative estimate of drug-likeness (QED) is 0.553. The van der Waals surface area contributed by atoms with Crippen molar-refractivity contribution in [3.63, 3.8) is 0 Å². The third-order valence-electron chi connectivity index (χ3n) is 4.65. The van der Waals surface area contributed by atoms with Crippen molar-refractivity contribution in [1.82, 2.24) is 4.31 Å². The zero-order valence-electron chi connectivity index (χ0n) is 14.9. The third kappa shape index (κ3) is 3.67. The Morgan fingerprint density at radius 2 is 1.75 bits per heavy atom. The molecule has 1 fully saturated rings. The van der Waals surface area contributed by atoms with Crippen LogP contribution >= 0.6 is 11.6 Å². The van der Waals surface area contributed by atoms with Gasteiger partial charge in [0.2, 0.25) is 16.8 Å². The number of piperidine rings is 1. The lowest BCUT2D eigenvalue weighted by molar-refractivity contribution is 0.0734. The minimum atomic E-state index is -3.77. The third-order valence-corrected chi connectivity index (χ3v) is 7.03. The van der Waals surface area contributed by atoms with Gasteiger partial charge in [-0.1, -0.05) is 18.0 Å². The largest absolute Gasteiger partial charge is 0.454 e. The normalized spacial score (nSPS) is 16.8. The number of halogens is 1. The smallest absolute Gasteiger partial charge is 0.343 e. The minimum Gasteiger partial charge on any atom is -0.454 e. The highest BCUT2D eigenvalue weighted by Crippen LogP contribution is 2.35. The van der Waals surface area contributed by atoms with Crippen molar-refractivity contribution in [3.05, 3.63) is 47.0 Å². The number of hydrogen-bond donors (Lipinski definition) is 0. The molecular weight excluding hydrogens is 406 g/mol. The molecule has 0 aromatic heterocycles. The number of carbonyl (C=O) groups excluding carboxylic acids is 1. The van der Waals surface area contributed by atoms with Gasteiger partial charge in [0.15, 0.2) is 11.5 Å². The van der Waals surface area contributed by atoms with E-state index in [9.17, 15) is 13.2 Å². The van der Waals surface area contributed by atoms with E-state index in [2.05, 4.69) is 0 Å². The van der Waals surface area contributed by atoms with Crippen molar-refractivity contribution in [3.8, 4) is 17.2 Å². The first-order valence-electron chi connectivity index (χ1n) is 8.87. The van der Waals surface area contributed by atoms with Crippen molar-refractivity contribution in [1.29, 1.82) is 0 Å². The maximum atomic E-state index is 12.9. The molecule has 7 nitrogen and oxygen atoms in total. The molecule has 28 heavy (non-hydrogen) atoms. The minimum absolute atomic E-state index is 0.0743. The summed E-state index contributed by atoms with van der Waals surface area (Å²) in [6, 6.07) is 8.86. The summed E-state index contributed by atoms with van der Waals surface area (Å²) < 4.78 is 43.1. The molecule has 4 rings (SSSR count). The summed E-state index contributed by atoms with van der Waals surface area (Å²) in [4.78, 5) is 12.4. The Balaban J connectivity index is 1.58. The Kier molecular flexibility index (Phi) is 5.18. The predicted molar refractivity (Wildman–Crippen MR) is 102 cm³/mol. The Morgan fingerprint density at radius 1 is 1.00 bits per heavy atom. The van der Waals surface area contributed by atoms with Crippen LogP contribution in [0.15, 0.2) is 41.3 Å². The first-order chi connectivity index (χ1) is 13.4. The molecule has 2 aliphatic heterocycles. The summed E-state index contributed by atoms with van der Waals surface area (Å²) in [5, 5.41) is 0.0743. The number of rotatable bonds is 4. The van der Waals surface area contributed by atoms with Crippen molar-refractivity contribution in [2.24, 2.45) is 0 Å². The van der Waals surface area contributed by atoms with E-state index in [0.717, 1.165) is 19.3 Å². The number of ether oxygens (including phenoxy) is 3. The van der Waals surface area contributed by atoms with Crippen LogP contribution in [0.3, 0.4) is 0 Å². The van der Waals surface area contributed by atoms with Gasteiger partial charge in [-0.05, 0) is 43.2 Å². The van der Waals surface area contributed by atoms with Crippen LogP contribution in [0.2, 0.25) is 5.02 Å². The standard InChI is InChI=1S/C19H18ClNO6S/c20-15-6-4-13(10-18(15)28(23,24)21-8-2-1-3-9-21)19(22)27-14-5-7-16-17(11-14)26-12-25-16/h4-7,10-11H,1-3,8-9,12H2. The summed E-state index contributed by atoms with van der Waals surface area (Å²) in [6.07, 6.45) is 2.62. The zero-order chi connectivity index (χ0) is 19.7. The number of carbonyl (C=O) groups is 1. The van der Waals surface area contributed by atoms with Gasteiger partial charge in [0.1, 0.15) is 10.6 Å². The van der Waals surface area contributed by atoms with E-state index in [1.54, 1.807) is 18.2 Å². The van der Waals surface area contributed by atoms with Gasteiger partial charge in [-0.3, -0.25) is 0 Å². The SMILES string of the molecule is O=C(Oc1ccc2c(c1)OCO2)c1ccc(Cl)c(S(=O)(=O)N2CCCCC2)c1. The monoisotopic (exact) mass is 423 g/mol. The van der Waals surface area contributed by atoms with E-state index in [1.165, 1.54) is 22.5 Å². The van der Waals surface area contributed by atoms with Crippen LogP contribution < -0.4 is 14.2 Å². The first-order valence-corrected chi connectivity index (χ1v) is 10.7. The number of sulfonamides is 1. The number of benzene rings is 2. The molecule has 0 unspecified atom stereocenters. The van der Waals surface area contributed by atoms with Gasteiger partial charge < -0.3 is 14.2 Å². The van der Waals surface area contributed by atoms with Crippen LogP contribution in [-0.2, 0) is 10.0 Å². The van der Waals surface area contributed by atoms with Gasteiger partial charge in [-0.15, -0.1) is 0 Å². The van der Waals surface area contributed by atoms with Crippen LogP contribution in [0.5, 0.6) is 17.2 Å². The van der Waals surface area contributed by atoms with Gasteiger partial charge in [0, 0.05) is 19.2 Å². The predicted octanol–water partition coefficient (Wildman–Crippen LogP) is 3.46. The van der Waals surface area contributed by atoms with Crippen molar-refractivity contribution in [2.75, 3.05) is 19.9 Å². The average Bonchev–Trinajstić information content (AvgIpc) is 3.16. The van der Waals surface area contributed by atoms with Crippen LogP contribution in [0.1, 0.15) is 29.6 Å². The number of esters is 1. The van der Waals surface area contributed by atoms with E-state index >= 15 is 0 Å². The molecule has 9 heteroatoms. The molecule has 0 N–H and O–H groups in total. The number of fused-ring (bicyclic) bond motifs is 1. The molecule has 0 amide bonds. The molecule has 1 saturated heterocycles. The van der Waals surface area contributed by atoms with E-state index in [0.29, 0.717) is 24.6 Å². The van der Waals surface area contributed by atoms with Crippen LogP contribution in [-0.4, -0.2) is 38.6 Å². The van der Waals surface area contributed by atoms with Gasteiger partial charge in [0.25, 0.3) is 0 Å². The maximum Gasteiger partial charge on any atom is 0.343 e. The second-order valence-corrected chi connectivity index (χ2v) is 8.83. The van der Waals surface area contributed by atoms with E-state index in [-0.39, 0.29) is 28.0 Å². The zero-order valence-corrected chi connectivity index (χ0v) is 16.5. The maximum absolute atomic E-state index is 12.9. The van der Waals surface area contributed by atoms with Crippen molar-refractivity contribution in [2.45, 2.75) is 24.2 Å². The van der Waals surface area contributed by atoms with E-state index in [4.69, 9.17) is 25.8 Å². The molecule has 2 aromatic rings. The first kappa shape index (κ1) is 19.0. The molecular formula is C19H18ClNO6S. The summed E-state index contributed by atoms with van der Waals surface area (Å²) in [5.41, 5.74) is 0.0950. The highest BCUT2D eigenvalue weighted by atomic mass is 35.5. The molecule has 0 radical (unpaired) electrons. The molecule has 2 heterocycles. The molecule has 148 valence electrons. The Hall–Kier alpha value is -2.29. The molecule has 0 spiro atoms. The van der Waals surface area contributed by atoms with Gasteiger partial charge >= 0.3 is 5.97 Å². The van der Waals surface area contributed by atoms with Gasteiger partial charge in [-0.2, -0.15) is 4.31 Å². The Bertz CT molecular complexity index is 1020.